The zero-order valence-corrected chi connectivity index (χ0v) is 11.0. The molecular weight excluding hydrogens is 225 g/mol. The lowest BCUT2D eigenvalue weighted by Crippen LogP contribution is -2.38. The summed E-state index contributed by atoms with van der Waals surface area (Å²) >= 11 is 0. The van der Waals surface area contributed by atoms with Crippen molar-refractivity contribution in [3.8, 4) is 0 Å². The lowest BCUT2D eigenvalue weighted by molar-refractivity contribution is 0.205. The number of likely N-dealkylation sites (tertiary alicyclic amines) is 1. The molecule has 1 heterocycles. The van der Waals surface area contributed by atoms with Gasteiger partial charge in [-0.2, -0.15) is 0 Å². The highest BCUT2D eigenvalue weighted by molar-refractivity contribution is 6.59. The van der Waals surface area contributed by atoms with Crippen LogP contribution in [-0.2, 0) is 6.54 Å². The monoisotopic (exact) mass is 247 g/mol. The highest BCUT2D eigenvalue weighted by Gasteiger charge is 2.20. The second-order valence-corrected chi connectivity index (χ2v) is 5.24. The van der Waals surface area contributed by atoms with Crippen molar-refractivity contribution in [1.29, 1.82) is 0 Å². The number of benzene rings is 1. The number of hydrogen-bond acceptors (Lipinski definition) is 3. The molecule has 1 fully saturated rings. The molecule has 2 N–H and O–H groups in total. The van der Waals surface area contributed by atoms with Crippen LogP contribution in [0.15, 0.2) is 24.3 Å². The lowest BCUT2D eigenvalue weighted by atomic mass is 9.77. The predicted molar refractivity (Wildman–Crippen MR) is 74.6 cm³/mol. The van der Waals surface area contributed by atoms with E-state index in [-0.39, 0.29) is 0 Å². The quantitative estimate of drug-likeness (QED) is 0.787. The molecule has 4 heteroatoms. The molecule has 1 aliphatic heterocycles. The number of hydrogen-bond donors (Lipinski definition) is 2. The fourth-order valence-corrected chi connectivity index (χ4v) is 2.72. The molecule has 1 aromatic carbocycles. The Hall–Kier alpha value is -0.835. The SMILES string of the molecule is CC1CCCCCN1Cc1ccccc1B(O)O. The van der Waals surface area contributed by atoms with Crippen molar-refractivity contribution in [3.05, 3.63) is 29.8 Å². The van der Waals surface area contributed by atoms with E-state index in [1.165, 1.54) is 25.7 Å². The van der Waals surface area contributed by atoms with Gasteiger partial charge in [-0.25, -0.2) is 0 Å². The van der Waals surface area contributed by atoms with E-state index in [2.05, 4.69) is 11.8 Å². The smallest absolute Gasteiger partial charge is 0.423 e. The number of rotatable bonds is 3. The average Bonchev–Trinajstić information content (AvgIpc) is 2.55. The second-order valence-electron chi connectivity index (χ2n) is 5.24. The van der Waals surface area contributed by atoms with E-state index in [9.17, 15) is 10.0 Å². The summed E-state index contributed by atoms with van der Waals surface area (Å²) in [6.45, 7) is 4.19. The van der Waals surface area contributed by atoms with E-state index in [4.69, 9.17) is 0 Å². The van der Waals surface area contributed by atoms with E-state index < -0.39 is 7.12 Å². The van der Waals surface area contributed by atoms with Gasteiger partial charge in [-0.15, -0.1) is 0 Å². The lowest BCUT2D eigenvalue weighted by Gasteiger charge is -2.27. The molecule has 1 atom stereocenters. The zero-order chi connectivity index (χ0) is 13.0. The fraction of sp³-hybridized carbons (Fsp3) is 0.571. The maximum absolute atomic E-state index is 9.39. The van der Waals surface area contributed by atoms with Crippen LogP contribution in [0.3, 0.4) is 0 Å². The van der Waals surface area contributed by atoms with E-state index in [0.717, 1.165) is 18.7 Å². The van der Waals surface area contributed by atoms with Crippen LogP contribution in [0.2, 0.25) is 0 Å². The van der Waals surface area contributed by atoms with Gasteiger partial charge in [-0.1, -0.05) is 37.1 Å². The van der Waals surface area contributed by atoms with Crippen LogP contribution in [-0.4, -0.2) is 34.7 Å². The molecule has 3 nitrogen and oxygen atoms in total. The van der Waals surface area contributed by atoms with Crippen molar-refractivity contribution in [3.63, 3.8) is 0 Å². The molecule has 2 rings (SSSR count). The van der Waals surface area contributed by atoms with E-state index in [1.54, 1.807) is 6.07 Å². The molecule has 0 radical (unpaired) electrons. The molecule has 0 spiro atoms. The first-order valence-corrected chi connectivity index (χ1v) is 6.86. The van der Waals surface area contributed by atoms with Gasteiger partial charge in [-0.3, -0.25) is 4.90 Å². The minimum absolute atomic E-state index is 0.580. The van der Waals surface area contributed by atoms with Gasteiger partial charge in [0.15, 0.2) is 0 Å². The summed E-state index contributed by atoms with van der Waals surface area (Å²) in [5.41, 5.74) is 1.66. The van der Waals surface area contributed by atoms with Gasteiger partial charge in [-0.05, 0) is 37.3 Å². The first-order valence-electron chi connectivity index (χ1n) is 6.86. The van der Waals surface area contributed by atoms with Crippen molar-refractivity contribution < 1.29 is 10.0 Å². The largest absolute Gasteiger partial charge is 0.488 e. The minimum Gasteiger partial charge on any atom is -0.423 e. The van der Waals surface area contributed by atoms with Crippen LogP contribution in [0, 0.1) is 0 Å². The third-order valence-corrected chi connectivity index (χ3v) is 3.90. The summed E-state index contributed by atoms with van der Waals surface area (Å²) in [6.07, 6.45) is 5.10. The Labute approximate surface area is 110 Å². The second kappa shape index (κ2) is 6.37. The maximum atomic E-state index is 9.39. The molecule has 1 aliphatic rings. The normalized spacial score (nSPS) is 21.6. The molecule has 0 saturated carbocycles. The molecule has 1 aromatic rings. The van der Waals surface area contributed by atoms with Gasteiger partial charge in [0, 0.05) is 12.6 Å². The third kappa shape index (κ3) is 3.34. The number of nitrogens with zero attached hydrogens (tertiary/aromatic N) is 1. The first-order chi connectivity index (χ1) is 8.68. The molecule has 18 heavy (non-hydrogen) atoms. The Morgan fingerprint density at radius 1 is 1.22 bits per heavy atom. The average molecular weight is 247 g/mol. The van der Waals surface area contributed by atoms with E-state index in [0.29, 0.717) is 11.5 Å². The van der Waals surface area contributed by atoms with Crippen LogP contribution in [0.1, 0.15) is 38.2 Å². The molecule has 0 aliphatic carbocycles. The van der Waals surface area contributed by atoms with Crippen LogP contribution in [0.5, 0.6) is 0 Å². The fourth-order valence-electron chi connectivity index (χ4n) is 2.72. The molecule has 1 unspecified atom stereocenters. The molecule has 0 bridgehead atoms. The zero-order valence-electron chi connectivity index (χ0n) is 11.0. The van der Waals surface area contributed by atoms with Crippen LogP contribution in [0.4, 0.5) is 0 Å². The highest BCUT2D eigenvalue weighted by atomic mass is 16.4. The van der Waals surface area contributed by atoms with Crippen LogP contribution >= 0.6 is 0 Å². The summed E-state index contributed by atoms with van der Waals surface area (Å²) < 4.78 is 0. The summed E-state index contributed by atoms with van der Waals surface area (Å²) in [6, 6.07) is 8.18. The van der Waals surface area contributed by atoms with Crippen molar-refractivity contribution in [1.82, 2.24) is 4.90 Å². The Bertz CT molecular complexity index is 384. The predicted octanol–water partition coefficient (Wildman–Crippen LogP) is 1.13. The Kier molecular flexibility index (Phi) is 4.81. The van der Waals surface area contributed by atoms with Gasteiger partial charge in [0.2, 0.25) is 0 Å². The van der Waals surface area contributed by atoms with Crippen molar-refractivity contribution in [2.24, 2.45) is 0 Å². The summed E-state index contributed by atoms with van der Waals surface area (Å²) in [7, 11) is -1.37. The van der Waals surface area contributed by atoms with Crippen molar-refractivity contribution in [2.75, 3.05) is 6.54 Å². The van der Waals surface area contributed by atoms with E-state index >= 15 is 0 Å². The van der Waals surface area contributed by atoms with Gasteiger partial charge < -0.3 is 10.0 Å². The summed E-state index contributed by atoms with van der Waals surface area (Å²) in [5.74, 6) is 0. The molecule has 1 saturated heterocycles. The standard InChI is InChI=1S/C14H22BNO2/c1-12-7-3-2-6-10-16(12)11-13-8-4-5-9-14(13)15(17)18/h4-5,8-9,12,17-18H,2-3,6-7,10-11H2,1H3. The van der Waals surface area contributed by atoms with Crippen molar-refractivity contribution in [2.45, 2.75) is 45.2 Å². The van der Waals surface area contributed by atoms with Crippen molar-refractivity contribution >= 4 is 12.6 Å². The summed E-state index contributed by atoms with van der Waals surface area (Å²) in [4.78, 5) is 2.45. The Morgan fingerprint density at radius 2 is 2.00 bits per heavy atom. The van der Waals surface area contributed by atoms with Gasteiger partial charge in [0.05, 0.1) is 0 Å². The minimum atomic E-state index is -1.37. The van der Waals surface area contributed by atoms with Crippen LogP contribution < -0.4 is 5.46 Å². The first kappa shape index (κ1) is 13.6. The molecular formula is C14H22BNO2. The molecule has 98 valence electrons. The maximum Gasteiger partial charge on any atom is 0.488 e. The molecule has 0 amide bonds. The molecule has 0 aromatic heterocycles. The third-order valence-electron chi connectivity index (χ3n) is 3.90. The topological polar surface area (TPSA) is 43.7 Å². The Morgan fingerprint density at radius 3 is 2.78 bits per heavy atom. The van der Waals surface area contributed by atoms with Gasteiger partial charge in [0.25, 0.3) is 0 Å². The van der Waals surface area contributed by atoms with E-state index in [1.807, 2.05) is 18.2 Å². The highest BCUT2D eigenvalue weighted by Crippen LogP contribution is 2.18. The summed E-state index contributed by atoms with van der Waals surface area (Å²) in [5, 5.41) is 18.8. The Balaban J connectivity index is 2.12. The van der Waals surface area contributed by atoms with Gasteiger partial charge >= 0.3 is 7.12 Å². The van der Waals surface area contributed by atoms with Gasteiger partial charge in [0.1, 0.15) is 0 Å². The van der Waals surface area contributed by atoms with Crippen LogP contribution in [0.25, 0.3) is 0 Å².